The summed E-state index contributed by atoms with van der Waals surface area (Å²) in [6, 6.07) is 10.1. The van der Waals surface area contributed by atoms with Crippen LogP contribution in [0.4, 0.5) is 0 Å². The maximum absolute atomic E-state index is 12.6. The van der Waals surface area contributed by atoms with Crippen molar-refractivity contribution < 1.29 is 4.79 Å². The number of hydrogen-bond donors (Lipinski definition) is 0. The minimum absolute atomic E-state index is 0.0292. The number of nitrogens with zero attached hydrogens (tertiary/aromatic N) is 4. The van der Waals surface area contributed by atoms with Crippen LogP contribution in [0.3, 0.4) is 0 Å². The van der Waals surface area contributed by atoms with Gasteiger partial charge in [-0.05, 0) is 31.7 Å². The van der Waals surface area contributed by atoms with Gasteiger partial charge in [-0.2, -0.15) is 5.10 Å². The monoisotopic (exact) mass is 342 g/mol. The number of hydrogen-bond acceptors (Lipinski definition) is 3. The molecule has 25 heavy (non-hydrogen) atoms. The lowest BCUT2D eigenvalue weighted by atomic mass is 10.1. The molecule has 6 heteroatoms. The van der Waals surface area contributed by atoms with Crippen LogP contribution < -0.4 is 5.69 Å². The van der Waals surface area contributed by atoms with E-state index in [4.69, 9.17) is 0 Å². The molecule has 6 nitrogen and oxygen atoms in total. The Bertz CT molecular complexity index is 763. The summed E-state index contributed by atoms with van der Waals surface area (Å²) < 4.78 is 3.08. The Kier molecular flexibility index (Phi) is 5.68. The fraction of sp³-hybridized carbons (Fsp3) is 0.526. The van der Waals surface area contributed by atoms with E-state index in [1.165, 1.54) is 10.2 Å². The Hall–Kier alpha value is -2.37. The summed E-state index contributed by atoms with van der Waals surface area (Å²) in [7, 11) is 0. The Morgan fingerprint density at radius 1 is 1.20 bits per heavy atom. The summed E-state index contributed by atoms with van der Waals surface area (Å²) in [5.41, 5.74) is 1.06. The smallest absolute Gasteiger partial charge is 0.341 e. The first-order valence-electron chi connectivity index (χ1n) is 9.17. The molecule has 2 heterocycles. The fourth-order valence-electron chi connectivity index (χ4n) is 3.32. The van der Waals surface area contributed by atoms with E-state index in [0.29, 0.717) is 19.6 Å². The van der Waals surface area contributed by atoms with Crippen molar-refractivity contribution in [1.82, 2.24) is 19.2 Å². The van der Waals surface area contributed by atoms with E-state index in [2.05, 4.69) is 17.2 Å². The molecule has 0 radical (unpaired) electrons. The quantitative estimate of drug-likeness (QED) is 0.805. The minimum Gasteiger partial charge on any atom is -0.341 e. The van der Waals surface area contributed by atoms with E-state index < -0.39 is 0 Å². The van der Waals surface area contributed by atoms with Gasteiger partial charge in [-0.3, -0.25) is 9.36 Å². The van der Waals surface area contributed by atoms with Gasteiger partial charge >= 0.3 is 5.69 Å². The molecule has 1 aliphatic rings. The molecule has 0 bridgehead atoms. The van der Waals surface area contributed by atoms with E-state index in [1.54, 1.807) is 9.47 Å². The molecule has 0 fully saturated rings. The number of likely N-dealkylation sites (N-methyl/N-ethyl adjacent to an activating group) is 1. The maximum Gasteiger partial charge on any atom is 0.346 e. The van der Waals surface area contributed by atoms with Gasteiger partial charge in [0, 0.05) is 26.1 Å². The molecule has 1 amide bonds. The van der Waals surface area contributed by atoms with Crippen LogP contribution in [0.1, 0.15) is 37.6 Å². The van der Waals surface area contributed by atoms with Gasteiger partial charge in [0.1, 0.15) is 12.4 Å². The summed E-state index contributed by atoms with van der Waals surface area (Å²) in [6.45, 7) is 4.00. The van der Waals surface area contributed by atoms with Gasteiger partial charge in [0.2, 0.25) is 5.91 Å². The lowest BCUT2D eigenvalue weighted by molar-refractivity contribution is -0.131. The number of aryl methyl sites for hydroxylation is 1. The molecule has 0 unspecified atom stereocenters. The number of amides is 1. The molecule has 134 valence electrons. The van der Waals surface area contributed by atoms with Crippen molar-refractivity contribution >= 4 is 5.91 Å². The number of benzene rings is 1. The highest BCUT2D eigenvalue weighted by Crippen LogP contribution is 2.10. The largest absolute Gasteiger partial charge is 0.346 e. The van der Waals surface area contributed by atoms with Crippen LogP contribution in [0.25, 0.3) is 0 Å². The topological polar surface area (TPSA) is 60.1 Å². The van der Waals surface area contributed by atoms with Crippen LogP contribution in [0, 0.1) is 0 Å². The van der Waals surface area contributed by atoms with Crippen LogP contribution in [-0.4, -0.2) is 38.2 Å². The van der Waals surface area contributed by atoms with E-state index in [9.17, 15) is 9.59 Å². The van der Waals surface area contributed by atoms with Crippen molar-refractivity contribution in [2.75, 3.05) is 13.1 Å². The van der Waals surface area contributed by atoms with Gasteiger partial charge < -0.3 is 4.90 Å². The van der Waals surface area contributed by atoms with Gasteiger partial charge in [-0.25, -0.2) is 9.48 Å². The molecule has 0 aliphatic carbocycles. The summed E-state index contributed by atoms with van der Waals surface area (Å²) in [5.74, 6) is 0.774. The number of carbonyl (C=O) groups excluding carboxylic acids is 1. The molecule has 0 N–H and O–H groups in total. The lowest BCUT2D eigenvalue weighted by Gasteiger charge is -2.20. The predicted octanol–water partition coefficient (Wildman–Crippen LogP) is 1.86. The van der Waals surface area contributed by atoms with Crippen LogP contribution in [0.2, 0.25) is 0 Å². The standard InChI is InChI=1S/C19H26N4O2/c1-2-21(14-12-16-9-5-3-6-10-16)18(24)15-23-19(25)22-13-8-4-7-11-17(22)20-23/h3,5-6,9-10H,2,4,7-8,11-15H2,1H3. The maximum atomic E-state index is 12.6. The van der Waals surface area contributed by atoms with E-state index in [-0.39, 0.29) is 18.1 Å². The van der Waals surface area contributed by atoms with Crippen molar-refractivity contribution in [3.05, 3.63) is 52.2 Å². The normalized spacial score (nSPS) is 14.0. The van der Waals surface area contributed by atoms with Crippen LogP contribution in [0.15, 0.2) is 35.1 Å². The average molecular weight is 342 g/mol. The van der Waals surface area contributed by atoms with E-state index >= 15 is 0 Å². The molecule has 1 aromatic carbocycles. The van der Waals surface area contributed by atoms with Crippen molar-refractivity contribution in [2.45, 2.75) is 52.1 Å². The molecule has 0 spiro atoms. The first-order chi connectivity index (χ1) is 12.2. The molecular weight excluding hydrogens is 316 g/mol. The van der Waals surface area contributed by atoms with Gasteiger partial charge in [0.25, 0.3) is 0 Å². The SMILES string of the molecule is CCN(CCc1ccccc1)C(=O)Cn1nc2n(c1=O)CCCCC2. The second-order valence-corrected chi connectivity index (χ2v) is 6.53. The first kappa shape index (κ1) is 17.5. The van der Waals surface area contributed by atoms with Gasteiger partial charge in [0.15, 0.2) is 0 Å². The van der Waals surface area contributed by atoms with Crippen molar-refractivity contribution in [1.29, 1.82) is 0 Å². The van der Waals surface area contributed by atoms with Gasteiger partial charge in [-0.1, -0.05) is 36.8 Å². The fourth-order valence-corrected chi connectivity index (χ4v) is 3.32. The molecule has 1 aromatic heterocycles. The van der Waals surface area contributed by atoms with Gasteiger partial charge in [-0.15, -0.1) is 0 Å². The molecule has 2 aromatic rings. The zero-order chi connectivity index (χ0) is 17.6. The average Bonchev–Trinajstić information content (AvgIpc) is 2.79. The third-order valence-electron chi connectivity index (χ3n) is 4.81. The number of fused-ring (bicyclic) bond motifs is 1. The van der Waals surface area contributed by atoms with Crippen LogP contribution in [-0.2, 0) is 30.7 Å². The highest BCUT2D eigenvalue weighted by Gasteiger charge is 2.19. The number of aromatic nitrogens is 3. The summed E-state index contributed by atoms with van der Waals surface area (Å²) >= 11 is 0. The summed E-state index contributed by atoms with van der Waals surface area (Å²) in [4.78, 5) is 26.9. The number of carbonyl (C=O) groups is 1. The molecule has 0 saturated heterocycles. The second kappa shape index (κ2) is 8.14. The zero-order valence-corrected chi connectivity index (χ0v) is 14.9. The van der Waals surface area contributed by atoms with Gasteiger partial charge in [0.05, 0.1) is 0 Å². The zero-order valence-electron chi connectivity index (χ0n) is 14.9. The predicted molar refractivity (Wildman–Crippen MR) is 96.4 cm³/mol. The summed E-state index contributed by atoms with van der Waals surface area (Å²) in [5, 5.41) is 4.40. The Morgan fingerprint density at radius 3 is 2.76 bits per heavy atom. The van der Waals surface area contributed by atoms with Crippen molar-refractivity contribution in [2.24, 2.45) is 0 Å². The molecule has 0 saturated carbocycles. The van der Waals surface area contributed by atoms with Crippen molar-refractivity contribution in [3.8, 4) is 0 Å². The Balaban J connectivity index is 1.65. The van der Waals surface area contributed by atoms with Crippen LogP contribution in [0.5, 0.6) is 0 Å². The molecular formula is C19H26N4O2. The highest BCUT2D eigenvalue weighted by atomic mass is 16.2. The Labute approximate surface area is 148 Å². The second-order valence-electron chi connectivity index (χ2n) is 6.53. The van der Waals surface area contributed by atoms with E-state index in [0.717, 1.165) is 37.9 Å². The lowest BCUT2D eigenvalue weighted by Crippen LogP contribution is -2.38. The van der Waals surface area contributed by atoms with Crippen LogP contribution >= 0.6 is 0 Å². The number of rotatable bonds is 6. The highest BCUT2D eigenvalue weighted by molar-refractivity contribution is 5.75. The minimum atomic E-state index is -0.149. The molecule has 1 aliphatic heterocycles. The molecule has 3 rings (SSSR count). The van der Waals surface area contributed by atoms with E-state index in [1.807, 2.05) is 25.1 Å². The third-order valence-corrected chi connectivity index (χ3v) is 4.81. The summed E-state index contributed by atoms with van der Waals surface area (Å²) in [6.07, 6.45) is 4.83. The third kappa shape index (κ3) is 4.18. The first-order valence-corrected chi connectivity index (χ1v) is 9.17. The Morgan fingerprint density at radius 2 is 2.00 bits per heavy atom. The molecule has 0 atom stereocenters. The van der Waals surface area contributed by atoms with Crippen molar-refractivity contribution in [3.63, 3.8) is 0 Å².